The minimum Gasteiger partial charge on any atom is -0.388 e. The molecule has 0 saturated heterocycles. The molecule has 2 aromatic rings. The molecular formula is C13H14N2S. The van der Waals surface area contributed by atoms with E-state index < -0.39 is 0 Å². The van der Waals surface area contributed by atoms with Crippen molar-refractivity contribution in [2.75, 3.05) is 12.4 Å². The molecule has 1 aromatic carbocycles. The summed E-state index contributed by atoms with van der Waals surface area (Å²) in [6.45, 7) is 0. The number of rotatable bonds is 4. The van der Waals surface area contributed by atoms with Gasteiger partial charge in [0, 0.05) is 29.6 Å². The van der Waals surface area contributed by atoms with Crippen molar-refractivity contribution in [2.45, 2.75) is 10.6 Å². The zero-order valence-corrected chi connectivity index (χ0v) is 10.00. The van der Waals surface area contributed by atoms with Crippen LogP contribution in [0.3, 0.4) is 0 Å². The highest BCUT2D eigenvalue weighted by atomic mass is 32.2. The Morgan fingerprint density at radius 3 is 2.75 bits per heavy atom. The van der Waals surface area contributed by atoms with Crippen LogP contribution in [0.15, 0.2) is 53.6 Å². The molecule has 1 N–H and O–H groups in total. The van der Waals surface area contributed by atoms with Gasteiger partial charge in [0.15, 0.2) is 0 Å². The minimum atomic E-state index is 0.902. The first kappa shape index (κ1) is 11.0. The summed E-state index contributed by atoms with van der Waals surface area (Å²) < 4.78 is 0. The van der Waals surface area contributed by atoms with E-state index in [0.29, 0.717) is 0 Å². The van der Waals surface area contributed by atoms with Gasteiger partial charge in [0.25, 0.3) is 0 Å². The highest BCUT2D eigenvalue weighted by Gasteiger charge is 1.98. The summed E-state index contributed by atoms with van der Waals surface area (Å²) in [5.74, 6) is 0.902. The second-order valence-electron chi connectivity index (χ2n) is 3.39. The third-order valence-corrected chi connectivity index (χ3v) is 3.28. The number of pyridine rings is 1. The number of nitrogens with zero attached hydrogens (tertiary/aromatic N) is 1. The third kappa shape index (κ3) is 3.00. The SMILES string of the molecule is CNc1ccnc(CSc2ccccc2)c1. The second-order valence-corrected chi connectivity index (χ2v) is 4.44. The molecule has 0 amide bonds. The Balaban J connectivity index is 1.99. The lowest BCUT2D eigenvalue weighted by molar-refractivity contribution is 1.17. The number of hydrogen-bond acceptors (Lipinski definition) is 3. The van der Waals surface area contributed by atoms with E-state index in [-0.39, 0.29) is 0 Å². The zero-order valence-electron chi connectivity index (χ0n) is 9.18. The molecule has 3 heteroatoms. The summed E-state index contributed by atoms with van der Waals surface area (Å²) in [5.41, 5.74) is 2.21. The van der Waals surface area contributed by atoms with Crippen LogP contribution in [0.5, 0.6) is 0 Å². The largest absolute Gasteiger partial charge is 0.388 e. The average Bonchev–Trinajstić information content (AvgIpc) is 2.38. The first-order valence-electron chi connectivity index (χ1n) is 5.19. The molecule has 82 valence electrons. The molecule has 16 heavy (non-hydrogen) atoms. The molecule has 0 radical (unpaired) electrons. The van der Waals surface area contributed by atoms with Crippen LogP contribution in [0.25, 0.3) is 0 Å². The summed E-state index contributed by atoms with van der Waals surface area (Å²) in [7, 11) is 1.92. The van der Waals surface area contributed by atoms with E-state index in [2.05, 4.69) is 40.6 Å². The molecule has 0 bridgehead atoms. The molecule has 2 rings (SSSR count). The van der Waals surface area contributed by atoms with Gasteiger partial charge in [-0.2, -0.15) is 0 Å². The number of benzene rings is 1. The van der Waals surface area contributed by atoms with Crippen LogP contribution in [0.4, 0.5) is 5.69 Å². The molecule has 0 spiro atoms. The molecule has 0 aliphatic rings. The third-order valence-electron chi connectivity index (χ3n) is 2.24. The van der Waals surface area contributed by atoms with E-state index in [1.54, 1.807) is 11.8 Å². The van der Waals surface area contributed by atoms with Crippen molar-refractivity contribution < 1.29 is 0 Å². The van der Waals surface area contributed by atoms with Crippen molar-refractivity contribution in [3.8, 4) is 0 Å². The van der Waals surface area contributed by atoms with Gasteiger partial charge in [0.05, 0.1) is 5.69 Å². The topological polar surface area (TPSA) is 24.9 Å². The molecule has 0 unspecified atom stereocenters. The molecule has 0 atom stereocenters. The fraction of sp³-hybridized carbons (Fsp3) is 0.154. The first-order chi connectivity index (χ1) is 7.88. The molecule has 0 saturated carbocycles. The standard InChI is InChI=1S/C13H14N2S/c1-14-11-7-8-15-12(9-11)10-16-13-5-3-2-4-6-13/h2-9H,10H2,1H3,(H,14,15). The lowest BCUT2D eigenvalue weighted by atomic mass is 10.3. The summed E-state index contributed by atoms with van der Waals surface area (Å²) in [6, 6.07) is 14.4. The number of thioether (sulfide) groups is 1. The maximum Gasteiger partial charge on any atom is 0.0526 e. The number of hydrogen-bond donors (Lipinski definition) is 1. The normalized spacial score (nSPS) is 10.1. The highest BCUT2D eigenvalue weighted by Crippen LogP contribution is 2.22. The Hall–Kier alpha value is -1.48. The van der Waals surface area contributed by atoms with Crippen LogP contribution in [-0.4, -0.2) is 12.0 Å². The van der Waals surface area contributed by atoms with Gasteiger partial charge in [0.2, 0.25) is 0 Å². The van der Waals surface area contributed by atoms with Crippen molar-refractivity contribution in [2.24, 2.45) is 0 Å². The van der Waals surface area contributed by atoms with E-state index in [0.717, 1.165) is 17.1 Å². The van der Waals surface area contributed by atoms with Crippen molar-refractivity contribution in [1.29, 1.82) is 0 Å². The van der Waals surface area contributed by atoms with Gasteiger partial charge < -0.3 is 5.32 Å². The molecule has 0 aliphatic heterocycles. The van der Waals surface area contributed by atoms with E-state index in [1.807, 2.05) is 25.4 Å². The quantitative estimate of drug-likeness (QED) is 0.815. The highest BCUT2D eigenvalue weighted by molar-refractivity contribution is 7.98. The molecule has 0 fully saturated rings. The monoisotopic (exact) mass is 230 g/mol. The number of anilines is 1. The van der Waals surface area contributed by atoms with Gasteiger partial charge in [0.1, 0.15) is 0 Å². The van der Waals surface area contributed by atoms with E-state index >= 15 is 0 Å². The summed E-state index contributed by atoms with van der Waals surface area (Å²) in [6.07, 6.45) is 1.84. The Kier molecular flexibility index (Phi) is 3.83. The Bertz CT molecular complexity index is 443. The summed E-state index contributed by atoms with van der Waals surface area (Å²) >= 11 is 1.80. The van der Waals surface area contributed by atoms with Gasteiger partial charge in [-0.05, 0) is 24.3 Å². The average molecular weight is 230 g/mol. The summed E-state index contributed by atoms with van der Waals surface area (Å²) in [4.78, 5) is 5.62. The van der Waals surface area contributed by atoms with Crippen LogP contribution in [0.1, 0.15) is 5.69 Å². The number of aromatic nitrogens is 1. The van der Waals surface area contributed by atoms with Crippen LogP contribution in [-0.2, 0) is 5.75 Å². The molecule has 1 heterocycles. The minimum absolute atomic E-state index is 0.902. The predicted molar refractivity (Wildman–Crippen MR) is 69.8 cm³/mol. The van der Waals surface area contributed by atoms with Gasteiger partial charge >= 0.3 is 0 Å². The predicted octanol–water partition coefficient (Wildman–Crippen LogP) is 3.42. The van der Waals surface area contributed by atoms with E-state index in [4.69, 9.17) is 0 Å². The number of nitrogens with one attached hydrogen (secondary N) is 1. The van der Waals surface area contributed by atoms with Crippen LogP contribution >= 0.6 is 11.8 Å². The van der Waals surface area contributed by atoms with Gasteiger partial charge in [-0.3, -0.25) is 4.98 Å². The van der Waals surface area contributed by atoms with Gasteiger partial charge in [-0.1, -0.05) is 18.2 Å². The van der Waals surface area contributed by atoms with Crippen LogP contribution in [0.2, 0.25) is 0 Å². The zero-order chi connectivity index (χ0) is 11.2. The van der Waals surface area contributed by atoms with E-state index in [9.17, 15) is 0 Å². The van der Waals surface area contributed by atoms with Crippen molar-refractivity contribution >= 4 is 17.4 Å². The Morgan fingerprint density at radius 1 is 1.19 bits per heavy atom. The Labute approximate surface area is 100 Å². The smallest absolute Gasteiger partial charge is 0.0526 e. The molecular weight excluding hydrogens is 216 g/mol. The molecule has 1 aromatic heterocycles. The maximum atomic E-state index is 4.34. The fourth-order valence-corrected chi connectivity index (χ4v) is 2.21. The van der Waals surface area contributed by atoms with Gasteiger partial charge in [-0.25, -0.2) is 0 Å². The van der Waals surface area contributed by atoms with Crippen molar-refractivity contribution in [3.63, 3.8) is 0 Å². The fourth-order valence-electron chi connectivity index (χ4n) is 1.39. The Morgan fingerprint density at radius 2 is 2.00 bits per heavy atom. The maximum absolute atomic E-state index is 4.34. The van der Waals surface area contributed by atoms with E-state index in [1.165, 1.54) is 4.90 Å². The lowest BCUT2D eigenvalue weighted by Crippen LogP contribution is -1.92. The van der Waals surface area contributed by atoms with Crippen molar-refractivity contribution in [1.82, 2.24) is 4.98 Å². The molecule has 0 aliphatic carbocycles. The van der Waals surface area contributed by atoms with Crippen LogP contribution < -0.4 is 5.32 Å². The molecule has 2 nitrogen and oxygen atoms in total. The first-order valence-corrected chi connectivity index (χ1v) is 6.17. The van der Waals surface area contributed by atoms with Crippen LogP contribution in [0, 0.1) is 0 Å². The second kappa shape index (κ2) is 5.56. The van der Waals surface area contributed by atoms with Crippen molar-refractivity contribution in [3.05, 3.63) is 54.4 Å². The van der Waals surface area contributed by atoms with Gasteiger partial charge in [-0.15, -0.1) is 11.8 Å². The lowest BCUT2D eigenvalue weighted by Gasteiger charge is -2.03. The summed E-state index contributed by atoms with van der Waals surface area (Å²) in [5, 5.41) is 3.12.